The third kappa shape index (κ3) is 17.2. The van der Waals surface area contributed by atoms with Gasteiger partial charge < -0.3 is 81.1 Å². The number of fused-ring (bicyclic) bond motifs is 4. The normalized spacial score (nSPS) is 24.6. The Morgan fingerprint density at radius 2 is 1.06 bits per heavy atom. The molecular weight excluding hydrogens is 1290 g/mol. The molecule has 0 bridgehead atoms. The fourth-order valence-electron chi connectivity index (χ4n) is 13.6. The Bertz CT molecular complexity index is 3630. The van der Waals surface area contributed by atoms with Crippen molar-refractivity contribution in [2.75, 3.05) is 72.0 Å². The van der Waals surface area contributed by atoms with Crippen LogP contribution in [0.4, 0.5) is 11.4 Å². The predicted octanol–water partition coefficient (Wildman–Crippen LogP) is 2.67. The van der Waals surface area contributed by atoms with E-state index in [0.29, 0.717) is 37.1 Å². The number of benzene rings is 2. The molecule has 0 radical (unpaired) electrons. The van der Waals surface area contributed by atoms with Gasteiger partial charge in [0, 0.05) is 64.6 Å². The molecule has 5 heterocycles. The van der Waals surface area contributed by atoms with Crippen molar-refractivity contribution >= 4 is 93.5 Å². The zero-order chi connectivity index (χ0) is 73.5. The lowest BCUT2D eigenvalue weighted by Gasteiger charge is -2.36. The topological polar surface area (TPSA) is 404 Å². The lowest BCUT2D eigenvalue weighted by molar-refractivity contribution is -0.163. The summed E-state index contributed by atoms with van der Waals surface area (Å²) in [6, 6.07) is -9.37. The molecule has 0 aromatic heterocycles. The highest BCUT2D eigenvalue weighted by Crippen LogP contribution is 2.38. The Morgan fingerprint density at radius 3 is 1.50 bits per heavy atom. The Hall–Kier alpha value is -8.96. The van der Waals surface area contributed by atoms with Crippen LogP contribution in [0.1, 0.15) is 172 Å². The van der Waals surface area contributed by atoms with E-state index in [1.165, 1.54) is 74.6 Å². The van der Waals surface area contributed by atoms with Crippen molar-refractivity contribution in [2.24, 2.45) is 23.7 Å². The molecule has 4 saturated heterocycles. The van der Waals surface area contributed by atoms with Crippen LogP contribution in [0, 0.1) is 37.5 Å². The molecule has 7 rings (SSSR count). The first kappa shape index (κ1) is 80.0. The maximum atomic E-state index is 15.7. The SMILES string of the molecule is CCCCCCCCNc1cc(C(=O)N[C@@H]2C(=O)N[C@H](C(C)C)C(=O)N3CCC[C@H]3C(=O)N(C)CC(=O)N(C)[C@@H](C(C)C)C(=O)O[C@@H]2C)c2nc3c(C(=O)N[C@@H]4C(=O)N[C@H](C(C)C)C(=O)N5CCC[C@H]5C(=O)N(C)CC(=O)N(C)[C@@H](C(C)C)C(=O)O[C@@H]4C)c(N)c(=O)c(C)c-3oc2c1C.O. The van der Waals surface area contributed by atoms with Crippen LogP contribution in [-0.2, 0) is 57.4 Å². The number of aromatic nitrogens is 1. The number of aryl methyl sites for hydroxylation is 1. The molecule has 1 aliphatic carbocycles. The molecule has 30 heteroatoms. The lowest BCUT2D eigenvalue weighted by atomic mass is 9.98. The molecule has 1 aromatic carbocycles. The Balaban J connectivity index is 0.0000157. The van der Waals surface area contributed by atoms with Crippen molar-refractivity contribution in [3.05, 3.63) is 38.5 Å². The third-order valence-electron chi connectivity index (χ3n) is 19.5. The van der Waals surface area contributed by atoms with Gasteiger partial charge in [0.2, 0.25) is 52.7 Å². The summed E-state index contributed by atoms with van der Waals surface area (Å²) >= 11 is 0. The Labute approximate surface area is 584 Å². The number of amides is 10. The zero-order valence-corrected chi connectivity index (χ0v) is 61.0. The van der Waals surface area contributed by atoms with Gasteiger partial charge in [-0.3, -0.25) is 52.7 Å². The summed E-state index contributed by atoms with van der Waals surface area (Å²) in [5, 5.41) is 14.3. The molecule has 9 N–H and O–H groups in total. The molecule has 5 aliphatic heterocycles. The average molecular weight is 1400 g/mol. The maximum Gasteiger partial charge on any atom is 0.329 e. The molecule has 0 spiro atoms. The number of rotatable bonds is 16. The summed E-state index contributed by atoms with van der Waals surface area (Å²) in [6.07, 6.45) is 4.03. The summed E-state index contributed by atoms with van der Waals surface area (Å²) < 4.78 is 18.7. The van der Waals surface area contributed by atoms with Crippen molar-refractivity contribution in [1.29, 1.82) is 0 Å². The standard InChI is InChI=1S/C70H103N13O16.H2O/c1-18-19-20-21-22-23-28-72-43-31-42(61(87)76-52-40(12)97-69(95)56(36(6)7)80(16)46(84)32-78(14)65(91)44-26-24-29-82(44)67(93)50(34(2)3)74-63(52)89)54-59(38(43)10)99-60-39(11)58(86)49(71)48(55(60)73-54)62(88)77-53-41(13)98-70(96)57(37(8)9)81(17)47(85)33-79(15)66(92)45-27-25-30-83(45)68(94)51(35(4)5)75-64(53)90;/h31,34-37,40-41,44-45,50-53,56-57,72H,18-30,32-33,71H2,1-17H3,(H,74,89)(H,75,90)(H,76,87)(H,77,88);1H2/t40-,41-,44+,45+,50-,51-,52+,53+,56+,57+;/m1./s1. The number of nitrogens with two attached hydrogens (primary N) is 1. The van der Waals surface area contributed by atoms with Crippen molar-refractivity contribution in [1.82, 2.24) is 55.7 Å². The molecule has 1 aromatic rings. The molecule has 0 unspecified atom stereocenters. The molecule has 552 valence electrons. The second-order valence-electron chi connectivity index (χ2n) is 28.4. The van der Waals surface area contributed by atoms with Gasteiger partial charge in [-0.1, -0.05) is 94.4 Å². The van der Waals surface area contributed by atoms with Crippen molar-refractivity contribution in [3.63, 3.8) is 0 Å². The molecule has 4 fully saturated rings. The number of nitrogens with zero attached hydrogens (tertiary/aromatic N) is 7. The summed E-state index contributed by atoms with van der Waals surface area (Å²) in [7, 11) is 5.62. The van der Waals surface area contributed by atoms with Crippen LogP contribution in [0.15, 0.2) is 15.3 Å². The van der Waals surface area contributed by atoms with E-state index in [1.807, 2.05) is 0 Å². The van der Waals surface area contributed by atoms with E-state index in [9.17, 15) is 43.2 Å². The summed E-state index contributed by atoms with van der Waals surface area (Å²) in [4.78, 5) is 202. The van der Waals surface area contributed by atoms with E-state index in [2.05, 4.69) is 33.5 Å². The summed E-state index contributed by atoms with van der Waals surface area (Å²) in [5.74, 6) is -12.4. The number of likely N-dealkylation sites (N-methyl/N-ethyl adjacent to an activating group) is 4. The minimum Gasteiger partial charge on any atom is -0.458 e. The largest absolute Gasteiger partial charge is 0.458 e. The van der Waals surface area contributed by atoms with E-state index in [0.717, 1.165) is 41.9 Å². The number of cyclic esters (lactones) is 2. The van der Waals surface area contributed by atoms with Gasteiger partial charge >= 0.3 is 11.9 Å². The van der Waals surface area contributed by atoms with Gasteiger partial charge in [0.05, 0.1) is 29.9 Å². The van der Waals surface area contributed by atoms with E-state index in [4.69, 9.17) is 24.6 Å². The average Bonchev–Trinajstić information content (AvgIpc) is 0.781. The van der Waals surface area contributed by atoms with Crippen LogP contribution in [0.3, 0.4) is 0 Å². The molecule has 6 aliphatic rings. The van der Waals surface area contributed by atoms with Gasteiger partial charge in [-0.2, -0.15) is 0 Å². The van der Waals surface area contributed by atoms with Crippen LogP contribution < -0.4 is 37.7 Å². The minimum absolute atomic E-state index is 0. The number of carbonyl (C=O) groups is 12. The van der Waals surface area contributed by atoms with Crippen molar-refractivity contribution < 1.29 is 76.9 Å². The lowest BCUT2D eigenvalue weighted by Crippen LogP contribution is -2.61. The molecule has 100 heavy (non-hydrogen) atoms. The van der Waals surface area contributed by atoms with Crippen LogP contribution in [0.2, 0.25) is 0 Å². The molecule has 10 amide bonds. The number of hydrogen-bond acceptors (Lipinski definition) is 19. The van der Waals surface area contributed by atoms with Crippen LogP contribution in [-0.4, -0.2) is 232 Å². The second-order valence-corrected chi connectivity index (χ2v) is 28.4. The highest BCUT2D eigenvalue weighted by Gasteiger charge is 2.47. The van der Waals surface area contributed by atoms with Gasteiger partial charge in [0.1, 0.15) is 71.8 Å². The van der Waals surface area contributed by atoms with Gasteiger partial charge in [-0.15, -0.1) is 0 Å². The van der Waals surface area contributed by atoms with E-state index in [1.54, 1.807) is 62.3 Å². The first-order chi connectivity index (χ1) is 46.6. The zero-order valence-electron chi connectivity index (χ0n) is 61.0. The number of unbranched alkanes of at least 4 members (excludes halogenated alkanes) is 5. The monoisotopic (exact) mass is 1400 g/mol. The molecule has 0 saturated carbocycles. The number of nitrogens with one attached hydrogen (secondary N) is 5. The number of anilines is 2. The summed E-state index contributed by atoms with van der Waals surface area (Å²) in [6.45, 7) is 21.1. The quantitative estimate of drug-likeness (QED) is 0.0519. The predicted molar refractivity (Wildman–Crippen MR) is 371 cm³/mol. The fraction of sp³-hybridized carbons (Fsp3) is 0.657. The Morgan fingerprint density at radius 1 is 0.620 bits per heavy atom. The van der Waals surface area contributed by atoms with Crippen molar-refractivity contribution in [2.45, 2.75) is 215 Å². The van der Waals surface area contributed by atoms with Crippen LogP contribution in [0.5, 0.6) is 0 Å². The molecule has 10 atom stereocenters. The number of hydrogen-bond donors (Lipinski definition) is 6. The van der Waals surface area contributed by atoms with Gasteiger partial charge in [-0.05, 0) is 89.5 Å². The minimum atomic E-state index is -1.90. The van der Waals surface area contributed by atoms with Crippen LogP contribution in [0.25, 0.3) is 22.6 Å². The fourth-order valence-corrected chi connectivity index (χ4v) is 13.6. The Kier molecular flexibility index (Phi) is 27.2. The van der Waals surface area contributed by atoms with E-state index < -0.39 is 191 Å². The number of esters is 2. The number of ether oxygens (including phenoxy) is 2. The van der Waals surface area contributed by atoms with Crippen molar-refractivity contribution in [3.8, 4) is 11.5 Å². The van der Waals surface area contributed by atoms with Gasteiger partial charge in [0.15, 0.2) is 11.3 Å². The van der Waals surface area contributed by atoms with Gasteiger partial charge in [-0.25, -0.2) is 14.6 Å². The van der Waals surface area contributed by atoms with Crippen LogP contribution >= 0.6 is 0 Å². The van der Waals surface area contributed by atoms with E-state index in [-0.39, 0.29) is 59.4 Å². The first-order valence-electron chi connectivity index (χ1n) is 34.8. The first-order valence-corrected chi connectivity index (χ1v) is 34.8. The second kappa shape index (κ2) is 33.9. The summed E-state index contributed by atoms with van der Waals surface area (Å²) in [5.41, 5.74) is 4.09. The highest BCUT2D eigenvalue weighted by atomic mass is 16.6. The number of carbonyl (C=O) groups excluding carboxylic acids is 12. The third-order valence-corrected chi connectivity index (χ3v) is 19.5. The maximum absolute atomic E-state index is 15.7. The van der Waals surface area contributed by atoms with E-state index >= 15 is 19.2 Å². The number of nitrogen functional groups attached to an aromatic ring is 1. The molecule has 30 nitrogen and oxygen atoms in total. The smallest absolute Gasteiger partial charge is 0.329 e. The highest BCUT2D eigenvalue weighted by molar-refractivity contribution is 6.11. The molecular formula is C70H105N13O17. The van der Waals surface area contributed by atoms with Gasteiger partial charge in [0.25, 0.3) is 11.8 Å².